The SMILES string of the molecule is COc1cc(O)cc(OC)c1CN1CCc2nc(N)ncc2C1. The molecule has 0 atom stereocenters. The lowest BCUT2D eigenvalue weighted by molar-refractivity contribution is 0.234. The standard InChI is InChI=1S/C16H20N4O3/c1-22-14-5-11(21)6-15(23-2)12(14)9-20-4-3-13-10(8-20)7-18-16(17)19-13/h5-7,21H,3-4,8-9H2,1-2H3,(H2,17,18,19). The van der Waals surface area contributed by atoms with Crippen LogP contribution in [0, 0.1) is 0 Å². The van der Waals surface area contributed by atoms with Crippen LogP contribution in [0.15, 0.2) is 18.3 Å². The van der Waals surface area contributed by atoms with E-state index in [1.807, 2.05) is 0 Å². The number of phenols is 1. The molecule has 1 aromatic carbocycles. The van der Waals surface area contributed by atoms with Gasteiger partial charge in [0.05, 0.1) is 25.5 Å². The Morgan fingerprint density at radius 2 is 1.96 bits per heavy atom. The smallest absolute Gasteiger partial charge is 0.220 e. The molecule has 23 heavy (non-hydrogen) atoms. The first-order chi connectivity index (χ1) is 11.1. The number of nitrogens with two attached hydrogens (primary N) is 1. The number of hydrogen-bond donors (Lipinski definition) is 2. The van der Waals surface area contributed by atoms with E-state index in [0.717, 1.165) is 36.3 Å². The van der Waals surface area contributed by atoms with Gasteiger partial charge in [-0.15, -0.1) is 0 Å². The van der Waals surface area contributed by atoms with E-state index in [1.54, 1.807) is 32.5 Å². The van der Waals surface area contributed by atoms with E-state index in [4.69, 9.17) is 15.2 Å². The third kappa shape index (κ3) is 3.14. The first-order valence-electron chi connectivity index (χ1n) is 7.37. The topological polar surface area (TPSA) is 93.7 Å². The van der Waals surface area contributed by atoms with Gasteiger partial charge in [-0.1, -0.05) is 0 Å². The number of fused-ring (bicyclic) bond motifs is 1. The monoisotopic (exact) mass is 316 g/mol. The van der Waals surface area contributed by atoms with Crippen LogP contribution in [0.2, 0.25) is 0 Å². The second-order valence-electron chi connectivity index (χ2n) is 5.49. The van der Waals surface area contributed by atoms with Crippen LogP contribution < -0.4 is 15.2 Å². The van der Waals surface area contributed by atoms with Crippen molar-refractivity contribution >= 4 is 5.95 Å². The Kier molecular flexibility index (Phi) is 4.20. The fourth-order valence-corrected chi connectivity index (χ4v) is 2.87. The van der Waals surface area contributed by atoms with E-state index in [1.165, 1.54) is 0 Å². The molecule has 2 heterocycles. The van der Waals surface area contributed by atoms with Crippen LogP contribution in [-0.4, -0.2) is 40.7 Å². The van der Waals surface area contributed by atoms with Crippen molar-refractivity contribution in [1.82, 2.24) is 14.9 Å². The molecular weight excluding hydrogens is 296 g/mol. The molecule has 0 amide bonds. The van der Waals surface area contributed by atoms with Crippen molar-refractivity contribution in [2.45, 2.75) is 19.5 Å². The Morgan fingerprint density at radius 3 is 2.61 bits per heavy atom. The summed E-state index contributed by atoms with van der Waals surface area (Å²) in [6, 6.07) is 3.19. The summed E-state index contributed by atoms with van der Waals surface area (Å²) in [5.74, 6) is 1.66. The molecular formula is C16H20N4O3. The molecule has 3 rings (SSSR count). The van der Waals surface area contributed by atoms with Crippen LogP contribution in [0.5, 0.6) is 17.2 Å². The van der Waals surface area contributed by atoms with Gasteiger partial charge in [-0.2, -0.15) is 0 Å². The van der Waals surface area contributed by atoms with E-state index in [-0.39, 0.29) is 5.75 Å². The molecule has 122 valence electrons. The number of nitrogen functional groups attached to an aromatic ring is 1. The first-order valence-corrected chi connectivity index (χ1v) is 7.37. The van der Waals surface area contributed by atoms with Crippen LogP contribution >= 0.6 is 0 Å². The number of anilines is 1. The molecule has 7 heteroatoms. The van der Waals surface area contributed by atoms with Crippen LogP contribution in [0.4, 0.5) is 5.95 Å². The van der Waals surface area contributed by atoms with Crippen molar-refractivity contribution in [1.29, 1.82) is 0 Å². The summed E-state index contributed by atoms with van der Waals surface area (Å²) in [4.78, 5) is 10.6. The summed E-state index contributed by atoms with van der Waals surface area (Å²) < 4.78 is 10.8. The molecule has 0 radical (unpaired) electrons. The zero-order valence-electron chi connectivity index (χ0n) is 13.2. The number of benzene rings is 1. The minimum absolute atomic E-state index is 0.121. The fourth-order valence-electron chi connectivity index (χ4n) is 2.87. The maximum absolute atomic E-state index is 9.74. The molecule has 1 aromatic heterocycles. The first kappa shape index (κ1) is 15.4. The van der Waals surface area contributed by atoms with Gasteiger partial charge in [-0.25, -0.2) is 9.97 Å². The molecule has 0 unspecified atom stereocenters. The lowest BCUT2D eigenvalue weighted by atomic mass is 10.1. The predicted molar refractivity (Wildman–Crippen MR) is 85.5 cm³/mol. The number of aromatic nitrogens is 2. The highest BCUT2D eigenvalue weighted by Gasteiger charge is 2.21. The van der Waals surface area contributed by atoms with Crippen molar-refractivity contribution in [3.05, 3.63) is 35.2 Å². The molecule has 1 aliphatic rings. The Balaban J connectivity index is 1.84. The molecule has 3 N–H and O–H groups in total. The molecule has 2 aromatic rings. The summed E-state index contributed by atoms with van der Waals surface area (Å²) >= 11 is 0. The number of rotatable bonds is 4. The van der Waals surface area contributed by atoms with E-state index < -0.39 is 0 Å². The van der Waals surface area contributed by atoms with Gasteiger partial charge >= 0.3 is 0 Å². The third-order valence-corrected chi connectivity index (χ3v) is 4.01. The average Bonchev–Trinajstić information content (AvgIpc) is 2.56. The van der Waals surface area contributed by atoms with Gasteiger partial charge in [-0.3, -0.25) is 4.90 Å². The highest BCUT2D eigenvalue weighted by atomic mass is 16.5. The van der Waals surface area contributed by atoms with Crippen LogP contribution in [0.25, 0.3) is 0 Å². The average molecular weight is 316 g/mol. The minimum atomic E-state index is 0.121. The van der Waals surface area contributed by atoms with Gasteiger partial charge in [0.15, 0.2) is 0 Å². The Labute approximate surface area is 134 Å². The summed E-state index contributed by atoms with van der Waals surface area (Å²) in [6.07, 6.45) is 2.61. The van der Waals surface area contributed by atoms with Crippen molar-refractivity contribution in [3.8, 4) is 17.2 Å². The van der Waals surface area contributed by atoms with E-state index in [9.17, 15) is 5.11 Å². The number of phenolic OH excluding ortho intramolecular Hbond substituents is 1. The Bertz CT molecular complexity index is 695. The Hall–Kier alpha value is -2.54. The number of hydrogen-bond acceptors (Lipinski definition) is 7. The highest BCUT2D eigenvalue weighted by Crippen LogP contribution is 2.35. The van der Waals surface area contributed by atoms with Crippen molar-refractivity contribution in [2.24, 2.45) is 0 Å². The zero-order chi connectivity index (χ0) is 16.4. The molecule has 0 saturated carbocycles. The van der Waals surface area contributed by atoms with Gasteiger partial charge < -0.3 is 20.3 Å². The van der Waals surface area contributed by atoms with Crippen LogP contribution in [0.1, 0.15) is 16.8 Å². The van der Waals surface area contributed by atoms with Gasteiger partial charge in [0.1, 0.15) is 17.2 Å². The molecule has 0 aliphatic carbocycles. The summed E-state index contributed by atoms with van der Waals surface area (Å²) in [5, 5.41) is 9.74. The molecule has 0 fully saturated rings. The van der Waals surface area contributed by atoms with E-state index in [0.29, 0.717) is 24.0 Å². The number of aromatic hydroxyl groups is 1. The highest BCUT2D eigenvalue weighted by molar-refractivity contribution is 5.50. The van der Waals surface area contributed by atoms with E-state index >= 15 is 0 Å². The molecule has 0 saturated heterocycles. The fraction of sp³-hybridized carbons (Fsp3) is 0.375. The maximum Gasteiger partial charge on any atom is 0.220 e. The van der Waals surface area contributed by atoms with Crippen LogP contribution in [0.3, 0.4) is 0 Å². The molecule has 0 spiro atoms. The van der Waals surface area contributed by atoms with Gasteiger partial charge in [-0.05, 0) is 0 Å². The number of nitrogens with zero attached hydrogens (tertiary/aromatic N) is 3. The van der Waals surface area contributed by atoms with Crippen molar-refractivity contribution in [3.63, 3.8) is 0 Å². The zero-order valence-corrected chi connectivity index (χ0v) is 13.2. The Morgan fingerprint density at radius 1 is 1.26 bits per heavy atom. The lowest BCUT2D eigenvalue weighted by Crippen LogP contribution is -2.31. The molecule has 7 nitrogen and oxygen atoms in total. The summed E-state index contributed by atoms with van der Waals surface area (Å²) in [6.45, 7) is 2.25. The van der Waals surface area contributed by atoms with Crippen molar-refractivity contribution < 1.29 is 14.6 Å². The largest absolute Gasteiger partial charge is 0.508 e. The second kappa shape index (κ2) is 6.29. The molecule has 0 bridgehead atoms. The van der Waals surface area contributed by atoms with Gasteiger partial charge in [0, 0.05) is 49.9 Å². The summed E-state index contributed by atoms with van der Waals surface area (Å²) in [7, 11) is 3.17. The maximum atomic E-state index is 9.74. The van der Waals surface area contributed by atoms with Crippen LogP contribution in [-0.2, 0) is 19.5 Å². The number of methoxy groups -OCH3 is 2. The number of ether oxygens (including phenoxy) is 2. The normalized spacial score (nSPS) is 14.3. The quantitative estimate of drug-likeness (QED) is 0.879. The third-order valence-electron chi connectivity index (χ3n) is 4.01. The second-order valence-corrected chi connectivity index (χ2v) is 5.49. The summed E-state index contributed by atoms with van der Waals surface area (Å²) in [5.41, 5.74) is 8.64. The minimum Gasteiger partial charge on any atom is -0.508 e. The van der Waals surface area contributed by atoms with E-state index in [2.05, 4.69) is 14.9 Å². The van der Waals surface area contributed by atoms with Gasteiger partial charge in [0.2, 0.25) is 5.95 Å². The van der Waals surface area contributed by atoms with Gasteiger partial charge in [0.25, 0.3) is 0 Å². The van der Waals surface area contributed by atoms with Crippen molar-refractivity contribution in [2.75, 3.05) is 26.5 Å². The molecule has 1 aliphatic heterocycles. The predicted octanol–water partition coefficient (Wildman–Crippen LogP) is 1.34. The lowest BCUT2D eigenvalue weighted by Gasteiger charge is -2.29.